The average Bonchev–Trinajstić information content (AvgIpc) is 2.89. The minimum atomic E-state index is 0.862. The number of nitrogens with zero attached hydrogens (tertiary/aromatic N) is 2. The van der Waals surface area contributed by atoms with Crippen LogP contribution in [-0.2, 0) is 6.42 Å². The summed E-state index contributed by atoms with van der Waals surface area (Å²) in [6.07, 6.45) is 2.64. The van der Waals surface area contributed by atoms with Crippen molar-refractivity contribution in [3.8, 4) is 11.4 Å². The van der Waals surface area contributed by atoms with Crippen molar-refractivity contribution in [2.24, 2.45) is 0 Å². The fourth-order valence-corrected chi connectivity index (χ4v) is 1.91. The predicted molar refractivity (Wildman–Crippen MR) is 71.1 cm³/mol. The summed E-state index contributed by atoms with van der Waals surface area (Å²) in [5, 5.41) is 7.36. The highest BCUT2D eigenvalue weighted by Gasteiger charge is 2.04. The van der Waals surface area contributed by atoms with E-state index in [4.69, 9.17) is 0 Å². The first-order valence-corrected chi connectivity index (χ1v) is 5.91. The predicted octanol–water partition coefficient (Wildman–Crippen LogP) is 3.06. The summed E-state index contributed by atoms with van der Waals surface area (Å²) in [6.45, 7) is 0. The van der Waals surface area contributed by atoms with Crippen LogP contribution >= 0.6 is 0 Å². The summed E-state index contributed by atoms with van der Waals surface area (Å²) < 4.78 is 0. The molecule has 0 bridgehead atoms. The van der Waals surface area contributed by atoms with E-state index in [0.717, 1.165) is 23.5 Å². The molecule has 1 N–H and O–H groups in total. The third-order valence-corrected chi connectivity index (χ3v) is 2.80. The number of aromatic amines is 1. The second kappa shape index (κ2) is 4.84. The van der Waals surface area contributed by atoms with Crippen LogP contribution < -0.4 is 0 Å². The minimum Gasteiger partial charge on any atom is -0.282 e. The third kappa shape index (κ3) is 2.30. The SMILES string of the molecule is c1ccc(Cc2cc(-c3ccccn3)n[nH]2)cc1. The van der Waals surface area contributed by atoms with Gasteiger partial charge >= 0.3 is 0 Å². The summed E-state index contributed by atoms with van der Waals surface area (Å²) in [4.78, 5) is 4.29. The zero-order valence-electron chi connectivity index (χ0n) is 9.88. The highest BCUT2D eigenvalue weighted by molar-refractivity contribution is 5.53. The van der Waals surface area contributed by atoms with Gasteiger partial charge in [0.25, 0.3) is 0 Å². The van der Waals surface area contributed by atoms with Gasteiger partial charge in [-0.15, -0.1) is 0 Å². The molecule has 0 aliphatic heterocycles. The van der Waals surface area contributed by atoms with Crippen LogP contribution in [0.3, 0.4) is 0 Å². The molecule has 0 spiro atoms. The Hall–Kier alpha value is -2.42. The van der Waals surface area contributed by atoms with Gasteiger partial charge < -0.3 is 0 Å². The van der Waals surface area contributed by atoms with E-state index in [1.54, 1.807) is 6.20 Å². The zero-order valence-corrected chi connectivity index (χ0v) is 9.88. The summed E-state index contributed by atoms with van der Waals surface area (Å²) in [7, 11) is 0. The van der Waals surface area contributed by atoms with Gasteiger partial charge in [-0.25, -0.2) is 0 Å². The average molecular weight is 235 g/mol. The number of pyridine rings is 1. The van der Waals surface area contributed by atoms with Crippen LogP contribution in [0.15, 0.2) is 60.8 Å². The van der Waals surface area contributed by atoms with Gasteiger partial charge in [0.2, 0.25) is 0 Å². The number of hydrogen-bond donors (Lipinski definition) is 1. The van der Waals surface area contributed by atoms with Crippen molar-refractivity contribution in [3.63, 3.8) is 0 Å². The van der Waals surface area contributed by atoms with Crippen molar-refractivity contribution in [2.75, 3.05) is 0 Å². The van der Waals surface area contributed by atoms with Gasteiger partial charge in [-0.05, 0) is 23.8 Å². The summed E-state index contributed by atoms with van der Waals surface area (Å²) in [5.41, 5.74) is 4.16. The Balaban J connectivity index is 1.82. The van der Waals surface area contributed by atoms with E-state index < -0.39 is 0 Å². The molecular weight excluding hydrogens is 222 g/mol. The molecule has 0 saturated carbocycles. The molecule has 2 aromatic heterocycles. The van der Waals surface area contributed by atoms with Crippen molar-refractivity contribution in [2.45, 2.75) is 6.42 Å². The first-order valence-electron chi connectivity index (χ1n) is 5.91. The molecule has 3 nitrogen and oxygen atoms in total. The van der Waals surface area contributed by atoms with Crippen molar-refractivity contribution in [1.82, 2.24) is 15.2 Å². The quantitative estimate of drug-likeness (QED) is 0.758. The van der Waals surface area contributed by atoms with Gasteiger partial charge in [-0.3, -0.25) is 10.1 Å². The Bertz CT molecular complexity index is 615. The Labute approximate surface area is 106 Å². The van der Waals surface area contributed by atoms with Gasteiger partial charge in [0.05, 0.1) is 5.69 Å². The van der Waals surface area contributed by atoms with E-state index in [1.165, 1.54) is 5.56 Å². The maximum atomic E-state index is 4.30. The number of H-pyrrole nitrogens is 1. The van der Waals surface area contributed by atoms with Gasteiger partial charge in [-0.2, -0.15) is 5.10 Å². The molecule has 1 aromatic carbocycles. The summed E-state index contributed by atoms with van der Waals surface area (Å²) >= 11 is 0. The van der Waals surface area contributed by atoms with Crippen LogP contribution in [0.1, 0.15) is 11.3 Å². The van der Waals surface area contributed by atoms with E-state index in [-0.39, 0.29) is 0 Å². The maximum Gasteiger partial charge on any atom is 0.111 e. The second-order valence-corrected chi connectivity index (χ2v) is 4.16. The topological polar surface area (TPSA) is 41.6 Å². The van der Waals surface area contributed by atoms with Crippen molar-refractivity contribution in [3.05, 3.63) is 72.1 Å². The Kier molecular flexibility index (Phi) is 2.88. The number of benzene rings is 1. The molecule has 0 atom stereocenters. The van der Waals surface area contributed by atoms with Crippen molar-refractivity contribution in [1.29, 1.82) is 0 Å². The molecule has 2 heterocycles. The lowest BCUT2D eigenvalue weighted by Crippen LogP contribution is -1.87. The molecule has 88 valence electrons. The lowest BCUT2D eigenvalue weighted by molar-refractivity contribution is 0.996. The van der Waals surface area contributed by atoms with Crippen LogP contribution in [0.25, 0.3) is 11.4 Å². The standard InChI is InChI=1S/C15H13N3/c1-2-6-12(7-3-1)10-13-11-15(18-17-13)14-8-4-5-9-16-14/h1-9,11H,10H2,(H,17,18). The zero-order chi connectivity index (χ0) is 12.2. The molecule has 3 rings (SSSR count). The normalized spacial score (nSPS) is 10.4. The van der Waals surface area contributed by atoms with Gasteiger partial charge in [0, 0.05) is 18.3 Å². The van der Waals surface area contributed by atoms with E-state index in [9.17, 15) is 0 Å². The van der Waals surface area contributed by atoms with Crippen LogP contribution in [0, 0.1) is 0 Å². The minimum absolute atomic E-state index is 0.862. The molecule has 3 heteroatoms. The fraction of sp³-hybridized carbons (Fsp3) is 0.0667. The van der Waals surface area contributed by atoms with Gasteiger partial charge in [0.15, 0.2) is 0 Å². The number of rotatable bonds is 3. The van der Waals surface area contributed by atoms with Crippen molar-refractivity contribution < 1.29 is 0 Å². The molecular formula is C15H13N3. The van der Waals surface area contributed by atoms with Gasteiger partial charge in [0.1, 0.15) is 5.69 Å². The molecule has 0 saturated heterocycles. The lowest BCUT2D eigenvalue weighted by atomic mass is 10.1. The van der Waals surface area contributed by atoms with E-state index in [1.807, 2.05) is 36.4 Å². The Morgan fingerprint density at radius 1 is 0.889 bits per heavy atom. The number of aromatic nitrogens is 3. The van der Waals surface area contributed by atoms with E-state index >= 15 is 0 Å². The molecule has 18 heavy (non-hydrogen) atoms. The molecule has 0 aliphatic rings. The first-order chi connectivity index (χ1) is 8.92. The van der Waals surface area contributed by atoms with Crippen molar-refractivity contribution >= 4 is 0 Å². The highest BCUT2D eigenvalue weighted by Crippen LogP contribution is 2.16. The monoisotopic (exact) mass is 235 g/mol. The lowest BCUT2D eigenvalue weighted by Gasteiger charge is -1.96. The summed E-state index contributed by atoms with van der Waals surface area (Å²) in [5.74, 6) is 0. The third-order valence-electron chi connectivity index (χ3n) is 2.80. The Morgan fingerprint density at radius 3 is 2.50 bits per heavy atom. The number of hydrogen-bond acceptors (Lipinski definition) is 2. The maximum absolute atomic E-state index is 4.30. The largest absolute Gasteiger partial charge is 0.282 e. The molecule has 0 aliphatic carbocycles. The van der Waals surface area contributed by atoms with Crippen LogP contribution in [-0.4, -0.2) is 15.2 Å². The van der Waals surface area contributed by atoms with E-state index in [2.05, 4.69) is 33.4 Å². The molecule has 0 amide bonds. The first kappa shape index (κ1) is 10.7. The Morgan fingerprint density at radius 2 is 1.72 bits per heavy atom. The van der Waals surface area contributed by atoms with Crippen LogP contribution in [0.2, 0.25) is 0 Å². The molecule has 0 fully saturated rings. The summed E-state index contributed by atoms with van der Waals surface area (Å²) in [6, 6.07) is 18.2. The highest BCUT2D eigenvalue weighted by atomic mass is 15.1. The van der Waals surface area contributed by atoms with Gasteiger partial charge in [-0.1, -0.05) is 36.4 Å². The van der Waals surface area contributed by atoms with Crippen LogP contribution in [0.4, 0.5) is 0 Å². The number of nitrogens with one attached hydrogen (secondary N) is 1. The fourth-order valence-electron chi connectivity index (χ4n) is 1.91. The smallest absolute Gasteiger partial charge is 0.111 e. The van der Waals surface area contributed by atoms with Crippen LogP contribution in [0.5, 0.6) is 0 Å². The second-order valence-electron chi connectivity index (χ2n) is 4.16. The molecule has 0 radical (unpaired) electrons. The molecule has 3 aromatic rings. The van der Waals surface area contributed by atoms with E-state index in [0.29, 0.717) is 0 Å². The molecule has 0 unspecified atom stereocenters.